The van der Waals surface area contributed by atoms with E-state index in [-0.39, 0.29) is 19.2 Å². The second kappa shape index (κ2) is 10.3. The van der Waals surface area contributed by atoms with Crippen molar-refractivity contribution in [1.29, 1.82) is 0 Å². The van der Waals surface area contributed by atoms with Crippen LogP contribution in [0.3, 0.4) is 0 Å². The number of benzene rings is 3. The number of nitrogens with one attached hydrogen (secondary N) is 1. The number of rotatable bonds is 8. The fourth-order valence-corrected chi connectivity index (χ4v) is 3.16. The number of ether oxygens (including phenoxy) is 1. The van der Waals surface area contributed by atoms with Crippen molar-refractivity contribution in [3.05, 3.63) is 101 Å². The van der Waals surface area contributed by atoms with Gasteiger partial charge in [0.1, 0.15) is 12.4 Å². The summed E-state index contributed by atoms with van der Waals surface area (Å²) in [6, 6.07) is 17.6. The molecule has 3 rings (SSSR count). The summed E-state index contributed by atoms with van der Waals surface area (Å²) in [5.74, 6) is 0.571. The molecule has 0 saturated carbocycles. The van der Waals surface area contributed by atoms with E-state index >= 15 is 0 Å². The standard InChI is InChI=1S/C24H21F6NO2/c25-23(26,27)19-10-18(11-20(12-19)24(28,29)30)21(32)14-31-13-17-8-4-5-9-22(17)33-15-16-6-2-1-3-7-16/h1-12,21,31-32H,13-15H2/t21-/m1/s1. The first-order chi connectivity index (χ1) is 15.5. The lowest BCUT2D eigenvalue weighted by Gasteiger charge is -2.18. The lowest BCUT2D eigenvalue weighted by atomic mass is 10.0. The number of aliphatic hydroxyl groups excluding tert-OH is 1. The Kier molecular flexibility index (Phi) is 7.65. The van der Waals surface area contributed by atoms with E-state index < -0.39 is 35.1 Å². The highest BCUT2D eigenvalue weighted by molar-refractivity contribution is 5.35. The molecule has 0 fully saturated rings. The van der Waals surface area contributed by atoms with E-state index in [1.165, 1.54) is 0 Å². The third-order valence-corrected chi connectivity index (χ3v) is 4.86. The summed E-state index contributed by atoms with van der Waals surface area (Å²) in [5, 5.41) is 13.1. The Hall–Kier alpha value is -3.04. The Morgan fingerprint density at radius 1 is 0.788 bits per heavy atom. The zero-order chi connectivity index (χ0) is 24.1. The molecule has 3 nitrogen and oxygen atoms in total. The topological polar surface area (TPSA) is 41.5 Å². The SMILES string of the molecule is O[C@H](CNCc1ccccc1OCc1ccccc1)c1cc(C(F)(F)F)cc(C(F)(F)F)c1. The van der Waals surface area contributed by atoms with Gasteiger partial charge in [0.15, 0.2) is 0 Å². The van der Waals surface area contributed by atoms with Gasteiger partial charge in [0.05, 0.1) is 17.2 Å². The molecule has 9 heteroatoms. The Morgan fingerprint density at radius 3 is 1.97 bits per heavy atom. The van der Waals surface area contributed by atoms with Crippen molar-refractivity contribution in [2.24, 2.45) is 0 Å². The van der Waals surface area contributed by atoms with Crippen LogP contribution in [0.25, 0.3) is 0 Å². The maximum absolute atomic E-state index is 13.0. The quantitative estimate of drug-likeness (QED) is 0.390. The van der Waals surface area contributed by atoms with Gasteiger partial charge < -0.3 is 15.2 Å². The Labute approximate surface area is 186 Å². The summed E-state index contributed by atoms with van der Waals surface area (Å²) in [5.41, 5.74) is -1.73. The minimum Gasteiger partial charge on any atom is -0.489 e. The third-order valence-electron chi connectivity index (χ3n) is 4.86. The van der Waals surface area contributed by atoms with E-state index in [4.69, 9.17) is 4.74 Å². The van der Waals surface area contributed by atoms with Crippen molar-refractivity contribution in [2.75, 3.05) is 6.54 Å². The number of para-hydroxylation sites is 1. The number of hydrogen-bond acceptors (Lipinski definition) is 3. The summed E-state index contributed by atoms with van der Waals surface area (Å²) in [6.45, 7) is 0.254. The molecule has 0 heterocycles. The van der Waals surface area contributed by atoms with E-state index in [9.17, 15) is 31.4 Å². The summed E-state index contributed by atoms with van der Waals surface area (Å²) in [7, 11) is 0. The van der Waals surface area contributed by atoms with Crippen molar-refractivity contribution >= 4 is 0 Å². The van der Waals surface area contributed by atoms with Crippen LogP contribution in [-0.2, 0) is 25.5 Å². The summed E-state index contributed by atoms with van der Waals surface area (Å²) >= 11 is 0. The summed E-state index contributed by atoms with van der Waals surface area (Å²) in [4.78, 5) is 0. The molecule has 0 unspecified atom stereocenters. The van der Waals surface area contributed by atoms with Gasteiger partial charge >= 0.3 is 12.4 Å². The van der Waals surface area contributed by atoms with Gasteiger partial charge in [0.25, 0.3) is 0 Å². The average molecular weight is 469 g/mol. The molecule has 0 aliphatic rings. The molecule has 0 spiro atoms. The molecule has 0 aliphatic carbocycles. The van der Waals surface area contributed by atoms with Gasteiger partial charge in [-0.25, -0.2) is 0 Å². The monoisotopic (exact) mass is 469 g/mol. The number of aliphatic hydroxyl groups is 1. The molecular weight excluding hydrogens is 448 g/mol. The van der Waals surface area contributed by atoms with Crippen LogP contribution in [0.4, 0.5) is 26.3 Å². The van der Waals surface area contributed by atoms with Gasteiger partial charge in [-0.3, -0.25) is 0 Å². The van der Waals surface area contributed by atoms with E-state index in [0.717, 1.165) is 11.1 Å². The predicted molar refractivity (Wildman–Crippen MR) is 110 cm³/mol. The Balaban J connectivity index is 1.67. The first kappa shape index (κ1) is 24.6. The molecule has 3 aromatic rings. The van der Waals surface area contributed by atoms with E-state index in [2.05, 4.69) is 5.32 Å². The molecule has 0 radical (unpaired) electrons. The summed E-state index contributed by atoms with van der Waals surface area (Å²) in [6.07, 6.45) is -11.5. The highest BCUT2D eigenvalue weighted by Crippen LogP contribution is 2.37. The highest BCUT2D eigenvalue weighted by atomic mass is 19.4. The number of halogens is 6. The van der Waals surface area contributed by atoms with E-state index in [1.54, 1.807) is 24.3 Å². The third kappa shape index (κ3) is 6.97. The molecule has 0 amide bonds. The van der Waals surface area contributed by atoms with Crippen molar-refractivity contribution in [1.82, 2.24) is 5.32 Å². The average Bonchev–Trinajstić information content (AvgIpc) is 2.77. The van der Waals surface area contributed by atoms with Crippen LogP contribution in [-0.4, -0.2) is 11.7 Å². The minimum absolute atomic E-state index is 0.0317. The molecule has 0 saturated heterocycles. The molecule has 3 aromatic carbocycles. The van der Waals surface area contributed by atoms with Gasteiger partial charge in [0, 0.05) is 18.7 Å². The van der Waals surface area contributed by atoms with E-state index in [0.29, 0.717) is 24.5 Å². The maximum Gasteiger partial charge on any atom is 0.416 e. The molecule has 33 heavy (non-hydrogen) atoms. The molecule has 0 aliphatic heterocycles. The largest absolute Gasteiger partial charge is 0.489 e. The fraction of sp³-hybridized carbons (Fsp3) is 0.250. The second-order valence-electron chi connectivity index (χ2n) is 7.37. The molecular formula is C24H21F6NO2. The van der Waals surface area contributed by atoms with Crippen molar-refractivity contribution < 1.29 is 36.2 Å². The van der Waals surface area contributed by atoms with Crippen LogP contribution in [0.1, 0.15) is 33.9 Å². The van der Waals surface area contributed by atoms with Crippen LogP contribution >= 0.6 is 0 Å². The molecule has 176 valence electrons. The molecule has 1 atom stereocenters. The second-order valence-corrected chi connectivity index (χ2v) is 7.37. The van der Waals surface area contributed by atoms with Crippen molar-refractivity contribution in [3.8, 4) is 5.75 Å². The molecule has 0 bridgehead atoms. The number of alkyl halides is 6. The maximum atomic E-state index is 13.0. The minimum atomic E-state index is -4.97. The normalized spacial score (nSPS) is 13.1. The van der Waals surface area contributed by atoms with Crippen LogP contribution in [0.15, 0.2) is 72.8 Å². The van der Waals surface area contributed by atoms with Gasteiger partial charge in [0.2, 0.25) is 0 Å². The molecule has 0 aromatic heterocycles. The predicted octanol–water partition coefficient (Wildman–Crippen LogP) is 6.13. The van der Waals surface area contributed by atoms with Crippen molar-refractivity contribution in [2.45, 2.75) is 31.6 Å². The van der Waals surface area contributed by atoms with Crippen molar-refractivity contribution in [3.63, 3.8) is 0 Å². The van der Waals surface area contributed by atoms with Gasteiger partial charge in [-0.15, -0.1) is 0 Å². The fourth-order valence-electron chi connectivity index (χ4n) is 3.16. The smallest absolute Gasteiger partial charge is 0.416 e. The van der Waals surface area contributed by atoms with Crippen LogP contribution in [0.2, 0.25) is 0 Å². The zero-order valence-electron chi connectivity index (χ0n) is 17.3. The zero-order valence-corrected chi connectivity index (χ0v) is 17.3. The van der Waals surface area contributed by atoms with Gasteiger partial charge in [-0.1, -0.05) is 48.5 Å². The van der Waals surface area contributed by atoms with E-state index in [1.807, 2.05) is 30.3 Å². The summed E-state index contributed by atoms with van der Waals surface area (Å²) < 4.78 is 84.0. The van der Waals surface area contributed by atoms with Crippen LogP contribution < -0.4 is 10.1 Å². The van der Waals surface area contributed by atoms with Gasteiger partial charge in [-0.05, 0) is 35.4 Å². The lowest BCUT2D eigenvalue weighted by molar-refractivity contribution is -0.143. The lowest BCUT2D eigenvalue weighted by Crippen LogP contribution is -2.22. The van der Waals surface area contributed by atoms with Crippen LogP contribution in [0, 0.1) is 0 Å². The first-order valence-corrected chi connectivity index (χ1v) is 9.97. The van der Waals surface area contributed by atoms with Gasteiger partial charge in [-0.2, -0.15) is 26.3 Å². The highest BCUT2D eigenvalue weighted by Gasteiger charge is 2.37. The van der Waals surface area contributed by atoms with Crippen LogP contribution in [0.5, 0.6) is 5.75 Å². The Bertz CT molecular complexity index is 1020. The Morgan fingerprint density at radius 2 is 1.36 bits per heavy atom. The first-order valence-electron chi connectivity index (χ1n) is 9.97. The molecule has 2 N–H and O–H groups in total. The number of hydrogen-bond donors (Lipinski definition) is 2.